The average molecular weight is 505 g/mol. The summed E-state index contributed by atoms with van der Waals surface area (Å²) in [6.45, 7) is 1.26. The van der Waals surface area contributed by atoms with Crippen molar-refractivity contribution in [3.05, 3.63) is 93.3 Å². The maximum absolute atomic E-state index is 13.0. The molecule has 0 fully saturated rings. The van der Waals surface area contributed by atoms with Gasteiger partial charge in [0.2, 0.25) is 0 Å². The number of furan rings is 1. The molecule has 0 bridgehead atoms. The van der Waals surface area contributed by atoms with E-state index < -0.39 is 0 Å². The molecule has 7 heteroatoms. The van der Waals surface area contributed by atoms with Crippen LogP contribution >= 0.6 is 15.9 Å². The summed E-state index contributed by atoms with van der Waals surface area (Å²) in [5.74, 6) is 0.737. The average Bonchev–Trinajstić information content (AvgIpc) is 3.21. The molecule has 2 aromatic heterocycles. The van der Waals surface area contributed by atoms with Gasteiger partial charge in [0.25, 0.3) is 0 Å². The Kier molecular flexibility index (Phi) is 5.98. The van der Waals surface area contributed by atoms with Crippen molar-refractivity contribution in [3.8, 4) is 17.0 Å². The lowest BCUT2D eigenvalue weighted by atomic mass is 10.1. The SMILES string of the molecule is COCCn1c(=O)nc(-c2ccc(OCc3ccccc3)cc2)c2oc3ccc(Br)cc3c21. The number of fused-ring (bicyclic) bond motifs is 3. The summed E-state index contributed by atoms with van der Waals surface area (Å²) in [6, 6.07) is 23.3. The van der Waals surface area contributed by atoms with Crippen molar-refractivity contribution in [2.45, 2.75) is 13.2 Å². The first kappa shape index (κ1) is 21.4. The molecule has 0 radical (unpaired) electrons. The van der Waals surface area contributed by atoms with Crippen LogP contribution in [0.4, 0.5) is 0 Å². The molecule has 0 atom stereocenters. The second kappa shape index (κ2) is 9.21. The van der Waals surface area contributed by atoms with Crippen molar-refractivity contribution >= 4 is 38.0 Å². The highest BCUT2D eigenvalue weighted by Crippen LogP contribution is 2.35. The zero-order chi connectivity index (χ0) is 22.8. The molecular weight excluding hydrogens is 484 g/mol. The van der Waals surface area contributed by atoms with Crippen LogP contribution < -0.4 is 10.4 Å². The lowest BCUT2D eigenvalue weighted by Crippen LogP contribution is -2.25. The molecular formula is C26H21BrN2O4. The van der Waals surface area contributed by atoms with Crippen molar-refractivity contribution in [2.75, 3.05) is 13.7 Å². The Morgan fingerprint density at radius 1 is 1.03 bits per heavy atom. The van der Waals surface area contributed by atoms with E-state index in [0.717, 1.165) is 26.7 Å². The number of halogens is 1. The van der Waals surface area contributed by atoms with Gasteiger partial charge in [-0.05, 0) is 48.0 Å². The van der Waals surface area contributed by atoms with Crippen molar-refractivity contribution < 1.29 is 13.9 Å². The van der Waals surface area contributed by atoms with Gasteiger partial charge in [0.05, 0.1) is 13.2 Å². The Balaban J connectivity index is 1.56. The van der Waals surface area contributed by atoms with Crippen LogP contribution in [0.15, 0.2) is 86.5 Å². The minimum atomic E-state index is -0.346. The molecule has 166 valence electrons. The van der Waals surface area contributed by atoms with E-state index in [1.165, 1.54) is 0 Å². The first-order valence-corrected chi connectivity index (χ1v) is 11.3. The molecule has 0 saturated carbocycles. The number of hydrogen-bond acceptors (Lipinski definition) is 5. The summed E-state index contributed by atoms with van der Waals surface area (Å²) in [7, 11) is 1.61. The van der Waals surface area contributed by atoms with Gasteiger partial charge in [-0.1, -0.05) is 46.3 Å². The number of benzene rings is 3. The molecule has 0 aliphatic rings. The van der Waals surface area contributed by atoms with Crippen molar-refractivity contribution in [1.29, 1.82) is 0 Å². The molecule has 0 unspecified atom stereocenters. The quantitative estimate of drug-likeness (QED) is 0.280. The number of nitrogens with zero attached hydrogens (tertiary/aromatic N) is 2. The lowest BCUT2D eigenvalue weighted by Gasteiger charge is -2.10. The van der Waals surface area contributed by atoms with Crippen molar-refractivity contribution in [3.63, 3.8) is 0 Å². The van der Waals surface area contributed by atoms with E-state index in [-0.39, 0.29) is 5.69 Å². The van der Waals surface area contributed by atoms with Gasteiger partial charge in [-0.2, -0.15) is 4.98 Å². The van der Waals surface area contributed by atoms with Gasteiger partial charge in [0.1, 0.15) is 29.2 Å². The number of aromatic nitrogens is 2. The minimum Gasteiger partial charge on any atom is -0.489 e. The second-order valence-corrected chi connectivity index (χ2v) is 8.52. The van der Waals surface area contributed by atoms with E-state index in [1.807, 2.05) is 72.8 Å². The summed E-state index contributed by atoms with van der Waals surface area (Å²) in [6.07, 6.45) is 0. The van der Waals surface area contributed by atoms with Gasteiger partial charge in [-0.3, -0.25) is 4.57 Å². The zero-order valence-electron chi connectivity index (χ0n) is 18.0. The standard InChI is InChI=1S/C26H21BrN2O4/c1-31-14-13-29-24-21-15-19(27)9-12-22(21)33-25(24)23(28-26(29)30)18-7-10-20(11-8-18)32-16-17-5-3-2-4-6-17/h2-12,15H,13-14,16H2,1H3. The maximum Gasteiger partial charge on any atom is 0.348 e. The van der Waals surface area contributed by atoms with Crippen LogP contribution in [0, 0.1) is 0 Å². The van der Waals surface area contributed by atoms with Crippen LogP contribution in [0.3, 0.4) is 0 Å². The molecule has 6 nitrogen and oxygen atoms in total. The first-order chi connectivity index (χ1) is 16.1. The molecule has 0 aliphatic heterocycles. The van der Waals surface area contributed by atoms with E-state index in [9.17, 15) is 4.79 Å². The summed E-state index contributed by atoms with van der Waals surface area (Å²) in [4.78, 5) is 17.4. The molecule has 33 heavy (non-hydrogen) atoms. The number of ether oxygens (including phenoxy) is 2. The fourth-order valence-corrected chi connectivity index (χ4v) is 4.18. The Bertz CT molecular complexity index is 1470. The van der Waals surface area contributed by atoms with E-state index >= 15 is 0 Å². The highest BCUT2D eigenvalue weighted by atomic mass is 79.9. The zero-order valence-corrected chi connectivity index (χ0v) is 19.5. The normalized spacial score (nSPS) is 11.3. The Morgan fingerprint density at radius 3 is 2.58 bits per heavy atom. The molecule has 2 heterocycles. The fourth-order valence-electron chi connectivity index (χ4n) is 3.82. The Hall–Kier alpha value is -3.42. The van der Waals surface area contributed by atoms with Gasteiger partial charge in [0, 0.05) is 22.5 Å². The van der Waals surface area contributed by atoms with Gasteiger partial charge in [-0.25, -0.2) is 4.79 Å². The third kappa shape index (κ3) is 4.29. The Morgan fingerprint density at radius 2 is 1.82 bits per heavy atom. The highest BCUT2D eigenvalue weighted by Gasteiger charge is 2.19. The summed E-state index contributed by atoms with van der Waals surface area (Å²) in [5, 5.41) is 0.846. The summed E-state index contributed by atoms with van der Waals surface area (Å²) >= 11 is 3.52. The van der Waals surface area contributed by atoms with E-state index in [4.69, 9.17) is 13.9 Å². The highest BCUT2D eigenvalue weighted by molar-refractivity contribution is 9.10. The van der Waals surface area contributed by atoms with Crippen LogP contribution in [0.1, 0.15) is 5.56 Å². The molecule has 0 amide bonds. The largest absolute Gasteiger partial charge is 0.489 e. The number of hydrogen-bond donors (Lipinski definition) is 0. The van der Waals surface area contributed by atoms with Crippen LogP contribution in [-0.2, 0) is 17.9 Å². The van der Waals surface area contributed by atoms with Gasteiger partial charge < -0.3 is 13.9 Å². The summed E-state index contributed by atoms with van der Waals surface area (Å²) in [5.41, 5.74) is 4.00. The molecule has 0 aliphatic carbocycles. The topological polar surface area (TPSA) is 66.5 Å². The van der Waals surface area contributed by atoms with Gasteiger partial charge in [0.15, 0.2) is 5.58 Å². The maximum atomic E-state index is 13.0. The summed E-state index contributed by atoms with van der Waals surface area (Å²) < 4.78 is 19.8. The van der Waals surface area contributed by atoms with Crippen molar-refractivity contribution in [1.82, 2.24) is 9.55 Å². The van der Waals surface area contributed by atoms with E-state index in [1.54, 1.807) is 11.7 Å². The third-order valence-electron chi connectivity index (χ3n) is 5.44. The smallest absolute Gasteiger partial charge is 0.348 e. The number of rotatable bonds is 7. The van der Waals surface area contributed by atoms with Crippen LogP contribution in [-0.4, -0.2) is 23.3 Å². The molecule has 5 rings (SSSR count). The Labute approximate surface area is 198 Å². The molecule has 3 aromatic carbocycles. The monoisotopic (exact) mass is 504 g/mol. The lowest BCUT2D eigenvalue weighted by molar-refractivity contribution is 0.187. The predicted molar refractivity (Wildman–Crippen MR) is 132 cm³/mol. The van der Waals surface area contributed by atoms with Gasteiger partial charge in [-0.15, -0.1) is 0 Å². The predicted octanol–water partition coefficient (Wildman–Crippen LogP) is 5.80. The van der Waals surface area contributed by atoms with Crippen molar-refractivity contribution in [2.24, 2.45) is 0 Å². The molecule has 0 spiro atoms. The van der Waals surface area contributed by atoms with Crippen LogP contribution in [0.5, 0.6) is 5.75 Å². The minimum absolute atomic E-state index is 0.346. The van der Waals surface area contributed by atoms with E-state index in [0.29, 0.717) is 42.1 Å². The molecule has 0 saturated heterocycles. The van der Waals surface area contributed by atoms with Crippen LogP contribution in [0.2, 0.25) is 0 Å². The van der Waals surface area contributed by atoms with Gasteiger partial charge >= 0.3 is 5.69 Å². The van der Waals surface area contributed by atoms with Crippen LogP contribution in [0.25, 0.3) is 33.3 Å². The van der Waals surface area contributed by atoms with E-state index in [2.05, 4.69) is 20.9 Å². The molecule has 0 N–H and O–H groups in total. The first-order valence-electron chi connectivity index (χ1n) is 10.5. The fraction of sp³-hybridized carbons (Fsp3) is 0.154. The molecule has 5 aromatic rings. The number of methoxy groups -OCH3 is 1. The third-order valence-corrected chi connectivity index (χ3v) is 5.94. The second-order valence-electron chi connectivity index (χ2n) is 7.61.